The lowest BCUT2D eigenvalue weighted by Crippen LogP contribution is -2.48. The maximum Gasteiger partial charge on any atom is 0.161 e. The fraction of sp³-hybridized carbons (Fsp3) is 0.613. The van der Waals surface area contributed by atoms with Crippen LogP contribution in [0.2, 0.25) is 0 Å². The molecular weight excluding hydrogens is 410 g/mol. The lowest BCUT2D eigenvalue weighted by Gasteiger charge is -2.45. The van der Waals surface area contributed by atoms with Gasteiger partial charge < -0.3 is 0 Å². The number of halogens is 2. The van der Waals surface area contributed by atoms with Crippen molar-refractivity contribution in [2.24, 2.45) is 29.1 Å². The summed E-state index contributed by atoms with van der Waals surface area (Å²) in [6.07, 6.45) is 20.7. The number of hydrogen-bond donors (Lipinski definition) is 0. The normalized spacial score (nSPS) is 34.6. The second kappa shape index (κ2) is 11.2. The van der Waals surface area contributed by atoms with E-state index in [0.717, 1.165) is 42.2 Å². The van der Waals surface area contributed by atoms with Gasteiger partial charge in [0, 0.05) is 10.6 Å². The van der Waals surface area contributed by atoms with Crippen molar-refractivity contribution in [2.75, 3.05) is 0 Å². The highest BCUT2D eigenvalue weighted by Gasteiger charge is 2.48. The molecule has 2 atom stereocenters. The fourth-order valence-corrected chi connectivity index (χ4v) is 6.98. The summed E-state index contributed by atoms with van der Waals surface area (Å²) in [5.74, 6) is 2.04. The molecule has 4 rings (SSSR count). The zero-order valence-corrected chi connectivity index (χ0v) is 20.5. The second-order valence-corrected chi connectivity index (χ2v) is 11.0. The van der Waals surface area contributed by atoms with Gasteiger partial charge in [0.25, 0.3) is 0 Å². The third-order valence-corrected chi connectivity index (χ3v) is 9.13. The Labute approximate surface area is 199 Å². The van der Waals surface area contributed by atoms with Crippen molar-refractivity contribution in [3.05, 3.63) is 59.5 Å². The highest BCUT2D eigenvalue weighted by Crippen LogP contribution is 2.51. The van der Waals surface area contributed by atoms with Gasteiger partial charge in [-0.1, -0.05) is 74.3 Å². The molecule has 1 aromatic carbocycles. The Kier molecular flexibility index (Phi) is 8.25. The Morgan fingerprint density at radius 2 is 1.61 bits per heavy atom. The van der Waals surface area contributed by atoms with Gasteiger partial charge in [-0.3, -0.25) is 0 Å². The van der Waals surface area contributed by atoms with E-state index < -0.39 is 17.4 Å². The van der Waals surface area contributed by atoms with Crippen LogP contribution >= 0.6 is 0 Å². The topological polar surface area (TPSA) is 0 Å². The molecule has 3 aliphatic rings. The Balaban J connectivity index is 1.43. The van der Waals surface area contributed by atoms with E-state index in [1.807, 2.05) is 25.1 Å². The molecule has 2 heteroatoms. The van der Waals surface area contributed by atoms with Crippen LogP contribution in [0, 0.1) is 29.1 Å². The SMILES string of the molecule is C=CC1CCC(CCC2CCC(C3(CC/C=C/C)C=c4ccccc4=C(F)C3F)CC2)CC1. The molecule has 3 aliphatic carbocycles. The standard InChI is InChI=1S/C31H42F2/c1-3-5-8-21-31(22-26-9-6-7-10-28(26)29(32)30(31)33)27-19-17-25(18-20-27)16-15-24-13-11-23(4-2)12-14-24/h3-7,9-10,22-25,27,30H,2,8,11-21H2,1H3/b5-3+. The summed E-state index contributed by atoms with van der Waals surface area (Å²) in [6, 6.07) is 7.43. The molecule has 0 aromatic heterocycles. The Morgan fingerprint density at radius 1 is 0.970 bits per heavy atom. The van der Waals surface area contributed by atoms with E-state index in [4.69, 9.17) is 0 Å². The van der Waals surface area contributed by atoms with Crippen LogP contribution in [0.3, 0.4) is 0 Å². The second-order valence-electron chi connectivity index (χ2n) is 11.0. The van der Waals surface area contributed by atoms with Crippen molar-refractivity contribution in [1.29, 1.82) is 0 Å². The van der Waals surface area contributed by atoms with Crippen LogP contribution in [0.1, 0.15) is 84.0 Å². The molecule has 0 amide bonds. The van der Waals surface area contributed by atoms with E-state index in [0.29, 0.717) is 11.6 Å². The fourth-order valence-electron chi connectivity index (χ4n) is 6.98. The van der Waals surface area contributed by atoms with E-state index in [2.05, 4.69) is 24.8 Å². The third kappa shape index (κ3) is 5.36. The van der Waals surface area contributed by atoms with Gasteiger partial charge >= 0.3 is 0 Å². The summed E-state index contributed by atoms with van der Waals surface area (Å²) >= 11 is 0. The third-order valence-electron chi connectivity index (χ3n) is 9.13. The zero-order chi connectivity index (χ0) is 23.3. The molecule has 1 aromatic rings. The van der Waals surface area contributed by atoms with Crippen molar-refractivity contribution in [1.82, 2.24) is 0 Å². The van der Waals surface area contributed by atoms with Gasteiger partial charge in [0.2, 0.25) is 0 Å². The Bertz CT molecular complexity index is 928. The number of alkyl halides is 1. The van der Waals surface area contributed by atoms with Crippen LogP contribution in [-0.4, -0.2) is 6.17 Å². The van der Waals surface area contributed by atoms with Gasteiger partial charge in [-0.15, -0.1) is 6.58 Å². The lowest BCUT2D eigenvalue weighted by atomic mass is 9.60. The summed E-state index contributed by atoms with van der Waals surface area (Å²) in [4.78, 5) is 0. The van der Waals surface area contributed by atoms with Crippen LogP contribution < -0.4 is 10.4 Å². The monoisotopic (exact) mass is 452 g/mol. The first-order valence-electron chi connectivity index (χ1n) is 13.4. The minimum atomic E-state index is -1.53. The summed E-state index contributed by atoms with van der Waals surface area (Å²) in [7, 11) is 0. The van der Waals surface area contributed by atoms with Crippen LogP contribution in [0.5, 0.6) is 0 Å². The number of allylic oxidation sites excluding steroid dienone is 3. The van der Waals surface area contributed by atoms with Crippen molar-refractivity contribution in [3.8, 4) is 0 Å². The molecule has 0 heterocycles. The minimum absolute atomic E-state index is 0.219. The van der Waals surface area contributed by atoms with Gasteiger partial charge in [-0.05, 0) is 87.2 Å². The molecular formula is C31H42F2. The van der Waals surface area contributed by atoms with E-state index in [1.165, 1.54) is 51.4 Å². The number of hydrogen-bond acceptors (Lipinski definition) is 0. The van der Waals surface area contributed by atoms with Crippen LogP contribution in [0.25, 0.3) is 11.9 Å². The summed E-state index contributed by atoms with van der Waals surface area (Å²) in [6.45, 7) is 5.97. The van der Waals surface area contributed by atoms with E-state index in [9.17, 15) is 0 Å². The van der Waals surface area contributed by atoms with Crippen LogP contribution in [-0.2, 0) is 0 Å². The Hall–Kier alpha value is -1.70. The first kappa shape index (κ1) is 24.4. The van der Waals surface area contributed by atoms with Crippen LogP contribution in [0.4, 0.5) is 8.78 Å². The minimum Gasteiger partial charge on any atom is -0.239 e. The molecule has 2 saturated carbocycles. The van der Waals surface area contributed by atoms with Crippen molar-refractivity contribution >= 4 is 11.9 Å². The molecule has 0 bridgehead atoms. The van der Waals surface area contributed by atoms with E-state index >= 15 is 8.78 Å². The summed E-state index contributed by atoms with van der Waals surface area (Å²) < 4.78 is 31.1. The van der Waals surface area contributed by atoms with Crippen molar-refractivity contribution in [3.63, 3.8) is 0 Å². The molecule has 0 N–H and O–H groups in total. The van der Waals surface area contributed by atoms with Gasteiger partial charge in [0.1, 0.15) is 5.83 Å². The predicted molar refractivity (Wildman–Crippen MR) is 136 cm³/mol. The zero-order valence-electron chi connectivity index (χ0n) is 20.5. The molecule has 0 radical (unpaired) electrons. The van der Waals surface area contributed by atoms with Gasteiger partial charge in [-0.25, -0.2) is 8.78 Å². The highest BCUT2D eigenvalue weighted by atomic mass is 19.2. The maximum absolute atomic E-state index is 15.9. The molecule has 2 unspecified atom stereocenters. The summed E-state index contributed by atoms with van der Waals surface area (Å²) in [5, 5.41) is 1.33. The van der Waals surface area contributed by atoms with Gasteiger partial charge in [-0.2, -0.15) is 0 Å². The molecule has 33 heavy (non-hydrogen) atoms. The van der Waals surface area contributed by atoms with Crippen LogP contribution in [0.15, 0.2) is 49.1 Å². The average molecular weight is 453 g/mol. The maximum atomic E-state index is 15.9. The quantitative estimate of drug-likeness (QED) is 0.353. The largest absolute Gasteiger partial charge is 0.239 e. The molecule has 0 spiro atoms. The number of rotatable bonds is 8. The molecule has 0 nitrogen and oxygen atoms in total. The predicted octanol–water partition coefficient (Wildman–Crippen LogP) is 7.82. The number of benzene rings is 1. The molecule has 180 valence electrons. The molecule has 0 aliphatic heterocycles. The average Bonchev–Trinajstić information content (AvgIpc) is 2.86. The first-order chi connectivity index (χ1) is 16.1. The van der Waals surface area contributed by atoms with Crippen molar-refractivity contribution < 1.29 is 8.78 Å². The smallest absolute Gasteiger partial charge is 0.161 e. The lowest BCUT2D eigenvalue weighted by molar-refractivity contribution is 0.0756. The number of fused-ring (bicyclic) bond motifs is 1. The first-order valence-corrected chi connectivity index (χ1v) is 13.4. The van der Waals surface area contributed by atoms with Gasteiger partial charge in [0.15, 0.2) is 6.17 Å². The van der Waals surface area contributed by atoms with E-state index in [1.54, 1.807) is 12.1 Å². The molecule has 2 fully saturated rings. The Morgan fingerprint density at radius 3 is 2.24 bits per heavy atom. The van der Waals surface area contributed by atoms with E-state index in [-0.39, 0.29) is 5.92 Å². The van der Waals surface area contributed by atoms with Crippen molar-refractivity contribution in [2.45, 2.75) is 90.1 Å². The van der Waals surface area contributed by atoms with Gasteiger partial charge in [0.05, 0.1) is 0 Å². The summed E-state index contributed by atoms with van der Waals surface area (Å²) in [5.41, 5.74) is -0.716. The highest BCUT2D eigenvalue weighted by molar-refractivity contribution is 5.55. The molecule has 0 saturated heterocycles.